The van der Waals surface area contributed by atoms with Crippen molar-refractivity contribution >= 4 is 29.0 Å². The maximum atomic E-state index is 5.85. The quantitative estimate of drug-likeness (QED) is 0.884. The number of nitrogens with zero attached hydrogens (tertiary/aromatic N) is 1. The molecule has 16 heavy (non-hydrogen) atoms. The number of thiazole rings is 1. The van der Waals surface area contributed by atoms with Gasteiger partial charge >= 0.3 is 0 Å². The number of hydrogen-bond acceptors (Lipinski definition) is 3. The Morgan fingerprint density at radius 1 is 1.56 bits per heavy atom. The molecule has 0 amide bonds. The lowest BCUT2D eigenvalue weighted by Crippen LogP contribution is -2.36. The fourth-order valence-electron chi connectivity index (χ4n) is 1.17. The lowest BCUT2D eigenvalue weighted by molar-refractivity contribution is 0.443. The first kappa shape index (κ1) is 13.7. The molecular weight excluding hydrogens is 240 g/mol. The Bertz CT molecular complexity index is 363. The molecule has 1 aromatic heterocycles. The van der Waals surface area contributed by atoms with Gasteiger partial charge in [0, 0.05) is 12.1 Å². The van der Waals surface area contributed by atoms with Gasteiger partial charge < -0.3 is 5.32 Å². The highest BCUT2D eigenvalue weighted by Crippen LogP contribution is 2.21. The van der Waals surface area contributed by atoms with Gasteiger partial charge in [0.25, 0.3) is 0 Å². The van der Waals surface area contributed by atoms with Gasteiger partial charge in [0.1, 0.15) is 9.34 Å². The summed E-state index contributed by atoms with van der Waals surface area (Å²) in [7, 11) is 0. The summed E-state index contributed by atoms with van der Waals surface area (Å²) in [5.74, 6) is 0. The molecule has 0 aromatic carbocycles. The third-order valence-corrected chi connectivity index (χ3v) is 3.18. The van der Waals surface area contributed by atoms with Gasteiger partial charge in [0.2, 0.25) is 0 Å². The smallest absolute Gasteiger partial charge is 0.117 e. The summed E-state index contributed by atoms with van der Waals surface area (Å²) < 4.78 is 0.741. The highest BCUT2D eigenvalue weighted by molar-refractivity contribution is 7.16. The van der Waals surface area contributed by atoms with Crippen molar-refractivity contribution in [1.82, 2.24) is 10.3 Å². The molecule has 0 fully saturated rings. The van der Waals surface area contributed by atoms with Crippen LogP contribution in [0.3, 0.4) is 0 Å². The molecule has 1 N–H and O–H groups in total. The van der Waals surface area contributed by atoms with E-state index in [2.05, 4.69) is 44.1 Å². The molecular formula is C12H19ClN2S. The van der Waals surface area contributed by atoms with Gasteiger partial charge in [0.15, 0.2) is 0 Å². The molecule has 0 radical (unpaired) electrons. The van der Waals surface area contributed by atoms with Crippen LogP contribution in [0.4, 0.5) is 0 Å². The van der Waals surface area contributed by atoms with Crippen molar-refractivity contribution in [1.29, 1.82) is 0 Å². The van der Waals surface area contributed by atoms with E-state index in [1.54, 1.807) is 6.20 Å². The lowest BCUT2D eigenvalue weighted by Gasteiger charge is -2.21. The second-order valence-electron chi connectivity index (χ2n) is 4.76. The van der Waals surface area contributed by atoms with Crippen LogP contribution in [0.5, 0.6) is 0 Å². The average molecular weight is 259 g/mol. The molecule has 1 rings (SSSR count). The Morgan fingerprint density at radius 2 is 2.25 bits per heavy atom. The molecule has 0 saturated carbocycles. The fourth-order valence-corrected chi connectivity index (χ4v) is 2.09. The summed E-state index contributed by atoms with van der Waals surface area (Å²) in [6, 6.07) is 0. The Morgan fingerprint density at radius 3 is 2.69 bits per heavy atom. The molecule has 90 valence electrons. The first-order valence-corrected chi connectivity index (χ1v) is 6.66. The van der Waals surface area contributed by atoms with E-state index in [0.717, 1.165) is 22.3 Å². The minimum Gasteiger partial charge on any atom is -0.308 e. The number of nitrogens with one attached hydrogen (secondary N) is 1. The van der Waals surface area contributed by atoms with Gasteiger partial charge in [-0.2, -0.15) is 0 Å². The maximum Gasteiger partial charge on any atom is 0.117 e. The van der Waals surface area contributed by atoms with Crippen LogP contribution in [0, 0.1) is 0 Å². The molecule has 0 atom stereocenters. The number of aromatic nitrogens is 1. The molecule has 0 bridgehead atoms. The van der Waals surface area contributed by atoms with Gasteiger partial charge in [-0.1, -0.05) is 24.1 Å². The van der Waals surface area contributed by atoms with E-state index in [9.17, 15) is 0 Å². The predicted molar refractivity (Wildman–Crippen MR) is 73.1 cm³/mol. The van der Waals surface area contributed by atoms with Crippen molar-refractivity contribution in [3.8, 4) is 0 Å². The Hall–Kier alpha value is -0.380. The Balaban J connectivity index is 2.64. The third kappa shape index (κ3) is 5.10. The van der Waals surface area contributed by atoms with Crippen molar-refractivity contribution in [2.75, 3.05) is 6.54 Å². The van der Waals surface area contributed by atoms with Crippen LogP contribution in [0.15, 0.2) is 11.8 Å². The molecule has 0 aliphatic carbocycles. The summed E-state index contributed by atoms with van der Waals surface area (Å²) in [4.78, 5) is 4.23. The number of hydrogen-bond donors (Lipinski definition) is 1. The Labute approximate surface area is 107 Å². The first-order valence-electron chi connectivity index (χ1n) is 5.46. The van der Waals surface area contributed by atoms with E-state index in [1.165, 1.54) is 16.9 Å². The third-order valence-electron chi connectivity index (χ3n) is 2.12. The van der Waals surface area contributed by atoms with E-state index < -0.39 is 0 Å². The van der Waals surface area contributed by atoms with Crippen LogP contribution in [-0.4, -0.2) is 17.1 Å². The minimum atomic E-state index is 0.148. The van der Waals surface area contributed by atoms with E-state index in [1.807, 2.05) is 0 Å². The molecule has 0 spiro atoms. The molecule has 0 aliphatic heterocycles. The first-order chi connectivity index (χ1) is 7.40. The van der Waals surface area contributed by atoms with Crippen molar-refractivity contribution < 1.29 is 0 Å². The zero-order chi connectivity index (χ0) is 12.2. The van der Waals surface area contributed by atoms with Crippen LogP contribution in [0.25, 0.3) is 6.08 Å². The molecule has 0 saturated heterocycles. The second kappa shape index (κ2) is 5.80. The predicted octanol–water partition coefficient (Wildman–Crippen LogP) is 3.98. The normalized spacial score (nSPS) is 13.2. The molecule has 1 aromatic rings. The molecule has 4 heteroatoms. The van der Waals surface area contributed by atoms with Crippen molar-refractivity contribution in [2.24, 2.45) is 0 Å². The molecule has 0 unspecified atom stereocenters. The van der Waals surface area contributed by atoms with Gasteiger partial charge in [-0.05, 0) is 33.3 Å². The number of halogens is 1. The highest BCUT2D eigenvalue weighted by Gasteiger charge is 2.09. The van der Waals surface area contributed by atoms with E-state index in [-0.39, 0.29) is 5.54 Å². The van der Waals surface area contributed by atoms with E-state index >= 15 is 0 Å². The fraction of sp³-hybridized carbons (Fsp3) is 0.583. The SMILES string of the molecule is CC/C(=C/c1ncc(Cl)s1)CNC(C)(C)C. The van der Waals surface area contributed by atoms with Crippen molar-refractivity contribution in [3.63, 3.8) is 0 Å². The monoisotopic (exact) mass is 258 g/mol. The molecule has 1 heterocycles. The van der Waals surface area contributed by atoms with Crippen LogP contribution >= 0.6 is 22.9 Å². The molecule has 2 nitrogen and oxygen atoms in total. The highest BCUT2D eigenvalue weighted by atomic mass is 35.5. The summed E-state index contributed by atoms with van der Waals surface area (Å²) in [5.41, 5.74) is 1.50. The van der Waals surface area contributed by atoms with Crippen LogP contribution < -0.4 is 5.32 Å². The Kier molecular flexibility index (Phi) is 4.96. The van der Waals surface area contributed by atoms with Crippen LogP contribution in [-0.2, 0) is 0 Å². The second-order valence-corrected chi connectivity index (χ2v) is 6.46. The zero-order valence-corrected chi connectivity index (χ0v) is 11.9. The zero-order valence-electron chi connectivity index (χ0n) is 10.3. The maximum absolute atomic E-state index is 5.85. The van der Waals surface area contributed by atoms with Gasteiger partial charge in [-0.3, -0.25) is 0 Å². The van der Waals surface area contributed by atoms with Gasteiger partial charge in [-0.15, -0.1) is 11.3 Å². The minimum absolute atomic E-state index is 0.148. The molecule has 0 aliphatic rings. The van der Waals surface area contributed by atoms with Gasteiger partial charge in [0.05, 0.1) is 6.20 Å². The summed E-state index contributed by atoms with van der Waals surface area (Å²) in [5, 5.41) is 4.46. The topological polar surface area (TPSA) is 24.9 Å². The lowest BCUT2D eigenvalue weighted by atomic mass is 10.1. The summed E-state index contributed by atoms with van der Waals surface area (Å²) in [6.07, 6.45) is 4.85. The van der Waals surface area contributed by atoms with Crippen LogP contribution in [0.1, 0.15) is 39.1 Å². The van der Waals surface area contributed by atoms with Crippen molar-refractivity contribution in [2.45, 2.75) is 39.7 Å². The number of rotatable bonds is 4. The average Bonchev–Trinajstić information content (AvgIpc) is 2.57. The van der Waals surface area contributed by atoms with E-state index in [4.69, 9.17) is 11.6 Å². The van der Waals surface area contributed by atoms with Gasteiger partial charge in [-0.25, -0.2) is 4.98 Å². The summed E-state index contributed by atoms with van der Waals surface area (Å²) in [6.45, 7) is 9.56. The summed E-state index contributed by atoms with van der Waals surface area (Å²) >= 11 is 7.36. The largest absolute Gasteiger partial charge is 0.308 e. The van der Waals surface area contributed by atoms with Crippen molar-refractivity contribution in [3.05, 3.63) is 21.1 Å². The van der Waals surface area contributed by atoms with E-state index in [0.29, 0.717) is 0 Å². The standard InChI is InChI=1S/C12H19ClN2S/c1-5-9(7-15-12(2,3)4)6-11-14-8-10(13)16-11/h6,8,15H,5,7H2,1-4H3/b9-6-. The van der Waals surface area contributed by atoms with Crippen LogP contribution in [0.2, 0.25) is 4.34 Å².